The smallest absolute Gasteiger partial charge is 0.260 e. The summed E-state index contributed by atoms with van der Waals surface area (Å²) < 4.78 is 5.48. The Hall–Kier alpha value is -2.80. The van der Waals surface area contributed by atoms with E-state index in [1.54, 1.807) is 23.1 Å². The zero-order valence-electron chi connectivity index (χ0n) is 13.3. The fraction of sp³-hybridized carbons (Fsp3) is 0.235. The number of benzene rings is 1. The molecule has 0 spiro atoms. The van der Waals surface area contributed by atoms with Crippen LogP contribution in [0.2, 0.25) is 5.02 Å². The minimum Gasteiger partial charge on any atom is -0.483 e. The number of hydrogen-bond acceptors (Lipinski definition) is 4. The highest BCUT2D eigenvalue weighted by molar-refractivity contribution is 6.30. The molecule has 0 bridgehead atoms. The normalized spacial score (nSPS) is 13.6. The number of halogens is 1. The number of fused-ring (bicyclic) bond motifs is 1. The van der Waals surface area contributed by atoms with Crippen molar-refractivity contribution in [3.63, 3.8) is 0 Å². The van der Waals surface area contributed by atoms with Gasteiger partial charge in [0.15, 0.2) is 6.61 Å². The van der Waals surface area contributed by atoms with Crippen LogP contribution in [0, 0.1) is 0 Å². The number of H-pyrrole nitrogens is 1. The average Bonchev–Trinajstić information content (AvgIpc) is 2.74. The van der Waals surface area contributed by atoms with Gasteiger partial charge in [0.05, 0.1) is 5.56 Å². The van der Waals surface area contributed by atoms with Crippen molar-refractivity contribution in [2.75, 3.05) is 19.7 Å². The maximum Gasteiger partial charge on any atom is 0.260 e. The predicted octanol–water partition coefficient (Wildman–Crippen LogP) is 1.18. The Balaban J connectivity index is 1.60. The lowest BCUT2D eigenvalue weighted by Crippen LogP contribution is -2.39. The van der Waals surface area contributed by atoms with Gasteiger partial charge in [-0.2, -0.15) is 0 Å². The minimum atomic E-state index is -0.321. The van der Waals surface area contributed by atoms with Crippen LogP contribution in [0.1, 0.15) is 15.9 Å². The van der Waals surface area contributed by atoms with Gasteiger partial charge in [-0.05, 0) is 24.3 Å². The molecule has 1 aliphatic heterocycles. The quantitative estimate of drug-likeness (QED) is 0.855. The lowest BCUT2D eigenvalue weighted by Gasteiger charge is -2.20. The highest BCUT2D eigenvalue weighted by Gasteiger charge is 2.21. The summed E-state index contributed by atoms with van der Waals surface area (Å²) in [5.74, 6) is 0.154. The van der Waals surface area contributed by atoms with E-state index >= 15 is 0 Å². The van der Waals surface area contributed by atoms with Gasteiger partial charge in [-0.1, -0.05) is 11.6 Å². The Morgan fingerprint density at radius 2 is 2.12 bits per heavy atom. The van der Waals surface area contributed by atoms with Crippen LogP contribution in [-0.4, -0.2) is 41.4 Å². The standard InChI is InChI=1S/C17H16ClN3O4/c18-13-2-3-14-12(7-13)9-21(16(23)10-25-14)6-5-19-17(24)11-1-4-15(22)20-8-11/h1-4,7-8H,5-6,9-10H2,(H,19,24)(H,20,22). The van der Waals surface area contributed by atoms with Crippen molar-refractivity contribution in [2.45, 2.75) is 6.54 Å². The van der Waals surface area contributed by atoms with E-state index in [1.807, 2.05) is 0 Å². The van der Waals surface area contributed by atoms with E-state index in [2.05, 4.69) is 10.3 Å². The molecule has 1 aromatic carbocycles. The molecule has 130 valence electrons. The molecule has 0 unspecified atom stereocenters. The van der Waals surface area contributed by atoms with Crippen molar-refractivity contribution < 1.29 is 14.3 Å². The topological polar surface area (TPSA) is 91.5 Å². The number of nitrogens with zero attached hydrogens (tertiary/aromatic N) is 1. The molecule has 3 rings (SSSR count). The summed E-state index contributed by atoms with van der Waals surface area (Å²) >= 11 is 6.00. The lowest BCUT2D eigenvalue weighted by molar-refractivity contribution is -0.133. The Morgan fingerprint density at radius 3 is 2.88 bits per heavy atom. The van der Waals surface area contributed by atoms with Crippen LogP contribution in [0.4, 0.5) is 0 Å². The first kappa shape index (κ1) is 17.0. The zero-order valence-corrected chi connectivity index (χ0v) is 14.0. The third kappa shape index (κ3) is 4.19. The molecule has 0 fully saturated rings. The molecule has 1 aliphatic rings. The summed E-state index contributed by atoms with van der Waals surface area (Å²) in [6.07, 6.45) is 1.35. The minimum absolute atomic E-state index is 0.0531. The maximum absolute atomic E-state index is 12.2. The van der Waals surface area contributed by atoms with Crippen LogP contribution in [0.15, 0.2) is 41.3 Å². The number of amides is 2. The van der Waals surface area contributed by atoms with Gasteiger partial charge in [-0.15, -0.1) is 0 Å². The molecular weight excluding hydrogens is 346 g/mol. The maximum atomic E-state index is 12.2. The second-order valence-corrected chi connectivity index (χ2v) is 5.99. The van der Waals surface area contributed by atoms with Crippen LogP contribution in [0.25, 0.3) is 0 Å². The van der Waals surface area contributed by atoms with E-state index < -0.39 is 0 Å². The molecule has 2 N–H and O–H groups in total. The van der Waals surface area contributed by atoms with Gasteiger partial charge in [0.1, 0.15) is 5.75 Å². The largest absolute Gasteiger partial charge is 0.483 e. The van der Waals surface area contributed by atoms with Crippen molar-refractivity contribution >= 4 is 23.4 Å². The number of aromatic amines is 1. The summed E-state index contributed by atoms with van der Waals surface area (Å²) in [5.41, 5.74) is 0.900. The number of aromatic nitrogens is 1. The first-order chi connectivity index (χ1) is 12.0. The molecule has 25 heavy (non-hydrogen) atoms. The van der Waals surface area contributed by atoms with Gasteiger partial charge in [-0.25, -0.2) is 0 Å². The molecule has 1 aromatic heterocycles. The number of nitrogens with one attached hydrogen (secondary N) is 2. The fourth-order valence-electron chi connectivity index (χ4n) is 2.50. The van der Waals surface area contributed by atoms with Crippen molar-refractivity contribution in [1.29, 1.82) is 0 Å². The van der Waals surface area contributed by atoms with Gasteiger partial charge in [-0.3, -0.25) is 14.4 Å². The van der Waals surface area contributed by atoms with Crippen LogP contribution >= 0.6 is 11.6 Å². The third-order valence-corrected chi connectivity index (χ3v) is 4.04. The van der Waals surface area contributed by atoms with Gasteiger partial charge in [0, 0.05) is 42.5 Å². The SMILES string of the molecule is O=C(NCCN1Cc2cc(Cl)ccc2OCC1=O)c1ccc(=O)[nH]c1. The first-order valence-electron chi connectivity index (χ1n) is 7.69. The molecule has 7 nitrogen and oxygen atoms in total. The summed E-state index contributed by atoms with van der Waals surface area (Å²) in [4.78, 5) is 39.2. The van der Waals surface area contributed by atoms with Crippen molar-refractivity contribution in [3.05, 3.63) is 63.0 Å². The van der Waals surface area contributed by atoms with Crippen molar-refractivity contribution in [2.24, 2.45) is 0 Å². The molecule has 2 aromatic rings. The summed E-state index contributed by atoms with van der Waals surface area (Å²) in [7, 11) is 0. The molecule has 0 saturated heterocycles. The van der Waals surface area contributed by atoms with Gasteiger partial charge >= 0.3 is 0 Å². The second-order valence-electron chi connectivity index (χ2n) is 5.55. The van der Waals surface area contributed by atoms with Crippen LogP contribution in [-0.2, 0) is 11.3 Å². The van der Waals surface area contributed by atoms with Gasteiger partial charge in [0.2, 0.25) is 5.56 Å². The van der Waals surface area contributed by atoms with Gasteiger partial charge < -0.3 is 19.9 Å². The molecule has 0 atom stereocenters. The fourth-order valence-corrected chi connectivity index (χ4v) is 2.69. The number of hydrogen-bond donors (Lipinski definition) is 2. The Labute approximate surface area is 148 Å². The van der Waals surface area contributed by atoms with E-state index in [-0.39, 0.29) is 30.5 Å². The number of carbonyl (C=O) groups excluding carboxylic acids is 2. The van der Waals surface area contributed by atoms with E-state index in [4.69, 9.17) is 16.3 Å². The highest BCUT2D eigenvalue weighted by atomic mass is 35.5. The molecule has 0 radical (unpaired) electrons. The number of ether oxygens (including phenoxy) is 1. The summed E-state index contributed by atoms with van der Waals surface area (Å²) in [6, 6.07) is 7.95. The number of pyridine rings is 1. The molecule has 2 amide bonds. The molecule has 0 aliphatic carbocycles. The van der Waals surface area contributed by atoms with Crippen LogP contribution in [0.3, 0.4) is 0 Å². The third-order valence-electron chi connectivity index (χ3n) is 3.80. The average molecular weight is 362 g/mol. The highest BCUT2D eigenvalue weighted by Crippen LogP contribution is 2.26. The van der Waals surface area contributed by atoms with E-state index in [9.17, 15) is 14.4 Å². The molecule has 2 heterocycles. The molecular formula is C17H16ClN3O4. The number of carbonyl (C=O) groups is 2. The zero-order chi connectivity index (χ0) is 17.8. The summed E-state index contributed by atoms with van der Waals surface area (Å²) in [6.45, 7) is 0.925. The first-order valence-corrected chi connectivity index (χ1v) is 8.06. The van der Waals surface area contributed by atoms with E-state index in [1.165, 1.54) is 18.3 Å². The van der Waals surface area contributed by atoms with Crippen molar-refractivity contribution in [1.82, 2.24) is 15.2 Å². The van der Waals surface area contributed by atoms with Crippen molar-refractivity contribution in [3.8, 4) is 5.75 Å². The van der Waals surface area contributed by atoms with E-state index in [0.29, 0.717) is 29.4 Å². The predicted molar refractivity (Wildman–Crippen MR) is 91.8 cm³/mol. The second kappa shape index (κ2) is 7.40. The van der Waals surface area contributed by atoms with E-state index in [0.717, 1.165) is 5.56 Å². The van der Waals surface area contributed by atoms with Crippen LogP contribution < -0.4 is 15.6 Å². The monoisotopic (exact) mass is 361 g/mol. The Kier molecular flexibility index (Phi) is 5.04. The molecule has 0 saturated carbocycles. The summed E-state index contributed by atoms with van der Waals surface area (Å²) in [5, 5.41) is 3.29. The Morgan fingerprint density at radius 1 is 1.28 bits per heavy atom. The van der Waals surface area contributed by atoms with Gasteiger partial charge in [0.25, 0.3) is 11.8 Å². The lowest BCUT2D eigenvalue weighted by atomic mass is 10.2. The molecule has 8 heteroatoms. The number of rotatable bonds is 4. The Bertz CT molecular complexity index is 845. The van der Waals surface area contributed by atoms with Crippen LogP contribution in [0.5, 0.6) is 5.75 Å².